The second-order valence-corrected chi connectivity index (χ2v) is 11.9. The molecule has 0 radical (unpaired) electrons. The van der Waals surface area contributed by atoms with E-state index in [1.165, 1.54) is 23.1 Å². The molecule has 2 amide bonds. The van der Waals surface area contributed by atoms with E-state index in [-0.39, 0.29) is 37.4 Å². The first kappa shape index (κ1) is 29.6. The molecule has 1 aliphatic rings. The first-order valence-electron chi connectivity index (χ1n) is 13.4. The monoisotopic (exact) mass is 585 g/mol. The van der Waals surface area contributed by atoms with Crippen molar-refractivity contribution in [1.29, 1.82) is 0 Å². The van der Waals surface area contributed by atoms with Crippen molar-refractivity contribution in [2.24, 2.45) is 7.05 Å². The number of thiophene rings is 1. The van der Waals surface area contributed by atoms with Crippen LogP contribution in [0.25, 0.3) is 0 Å². The summed E-state index contributed by atoms with van der Waals surface area (Å²) in [6.45, 7) is 4.05. The topological polar surface area (TPSA) is 124 Å². The lowest BCUT2D eigenvalue weighted by Crippen LogP contribution is -2.26. The fraction of sp³-hybridized carbons (Fsp3) is 0.464. The van der Waals surface area contributed by atoms with Gasteiger partial charge in [0.1, 0.15) is 10.8 Å². The lowest BCUT2D eigenvalue weighted by atomic mass is 10.1. The van der Waals surface area contributed by atoms with Crippen LogP contribution in [0.4, 0.5) is 5.00 Å². The summed E-state index contributed by atoms with van der Waals surface area (Å²) < 4.78 is 12.2. The van der Waals surface area contributed by atoms with Gasteiger partial charge in [-0.3, -0.25) is 9.59 Å². The van der Waals surface area contributed by atoms with Crippen molar-refractivity contribution in [3.05, 3.63) is 51.7 Å². The molecule has 40 heavy (non-hydrogen) atoms. The summed E-state index contributed by atoms with van der Waals surface area (Å²) in [5, 5.41) is 14.9. The highest BCUT2D eigenvalue weighted by Gasteiger charge is 2.28. The Bertz CT molecular complexity index is 1350. The van der Waals surface area contributed by atoms with E-state index in [0.29, 0.717) is 21.5 Å². The number of rotatable bonds is 11. The number of hydrogen-bond donors (Lipinski definition) is 2. The van der Waals surface area contributed by atoms with E-state index in [1.807, 2.05) is 24.3 Å². The summed E-state index contributed by atoms with van der Waals surface area (Å²) in [4.78, 5) is 39.6. The minimum absolute atomic E-state index is 0.137. The van der Waals surface area contributed by atoms with E-state index >= 15 is 0 Å². The average Bonchev–Trinajstić information content (AvgIpc) is 3.36. The van der Waals surface area contributed by atoms with Gasteiger partial charge in [0.2, 0.25) is 11.8 Å². The first-order valence-corrected chi connectivity index (χ1v) is 15.1. The molecule has 0 aliphatic heterocycles. The van der Waals surface area contributed by atoms with Crippen LogP contribution < -0.4 is 15.4 Å². The van der Waals surface area contributed by atoms with Crippen molar-refractivity contribution in [3.8, 4) is 5.75 Å². The van der Waals surface area contributed by atoms with Gasteiger partial charge in [0.15, 0.2) is 11.0 Å². The molecule has 0 saturated carbocycles. The molecule has 1 aromatic carbocycles. The fourth-order valence-electron chi connectivity index (χ4n) is 4.45. The zero-order valence-electron chi connectivity index (χ0n) is 23.2. The Labute approximate surface area is 242 Å². The summed E-state index contributed by atoms with van der Waals surface area (Å²) in [5.41, 5.74) is 2.39. The lowest BCUT2D eigenvalue weighted by Gasteiger charge is -2.12. The predicted octanol–water partition coefficient (Wildman–Crippen LogP) is 4.31. The maximum atomic E-state index is 13.2. The minimum Gasteiger partial charge on any atom is -0.497 e. The Hall–Kier alpha value is -3.38. The maximum Gasteiger partial charge on any atom is 0.341 e. The molecule has 12 heteroatoms. The van der Waals surface area contributed by atoms with Crippen molar-refractivity contribution in [2.45, 2.75) is 69.3 Å². The van der Waals surface area contributed by atoms with Gasteiger partial charge in [-0.2, -0.15) is 0 Å². The van der Waals surface area contributed by atoms with E-state index < -0.39 is 5.25 Å². The van der Waals surface area contributed by atoms with Crippen LogP contribution >= 0.6 is 23.1 Å². The molecule has 10 nitrogen and oxygen atoms in total. The van der Waals surface area contributed by atoms with Crippen LogP contribution in [0, 0.1) is 0 Å². The number of fused-ring (bicyclic) bond motifs is 1. The Morgan fingerprint density at radius 3 is 2.60 bits per heavy atom. The molecule has 214 valence electrons. The van der Waals surface area contributed by atoms with E-state index in [2.05, 4.69) is 20.8 Å². The SMILES string of the molecule is CCOC(=O)c1c(NC(=O)[C@H](C)Sc2nnc(CNC(=O)Cc3ccc(OC)cc3)n2C)sc2c1CCCCC2. The number of benzene rings is 1. The molecule has 0 fully saturated rings. The van der Waals surface area contributed by atoms with Gasteiger partial charge in [0.25, 0.3) is 0 Å². The Balaban J connectivity index is 1.36. The summed E-state index contributed by atoms with van der Waals surface area (Å²) in [6.07, 6.45) is 5.19. The summed E-state index contributed by atoms with van der Waals surface area (Å²) in [5.74, 6) is 0.556. The van der Waals surface area contributed by atoms with Crippen LogP contribution in [-0.2, 0) is 47.2 Å². The lowest BCUT2D eigenvalue weighted by molar-refractivity contribution is -0.120. The van der Waals surface area contributed by atoms with E-state index in [1.54, 1.807) is 32.6 Å². The van der Waals surface area contributed by atoms with E-state index in [4.69, 9.17) is 9.47 Å². The number of hydrogen-bond acceptors (Lipinski definition) is 9. The number of aromatic nitrogens is 3. The molecule has 2 heterocycles. The van der Waals surface area contributed by atoms with Crippen molar-refractivity contribution >= 4 is 45.9 Å². The number of carbonyl (C=O) groups excluding carboxylic acids is 3. The number of nitrogens with one attached hydrogen (secondary N) is 2. The number of esters is 1. The number of ether oxygens (including phenoxy) is 2. The van der Waals surface area contributed by atoms with Gasteiger partial charge in [-0.05, 0) is 62.8 Å². The van der Waals surface area contributed by atoms with Crippen LogP contribution in [0.2, 0.25) is 0 Å². The number of amides is 2. The number of anilines is 1. The quantitative estimate of drug-likeness (QED) is 0.194. The van der Waals surface area contributed by atoms with E-state index in [9.17, 15) is 14.4 Å². The minimum atomic E-state index is -0.502. The number of thioether (sulfide) groups is 1. The summed E-state index contributed by atoms with van der Waals surface area (Å²) in [7, 11) is 3.40. The van der Waals surface area contributed by atoms with Gasteiger partial charge in [-0.1, -0.05) is 30.3 Å². The Morgan fingerprint density at radius 2 is 1.88 bits per heavy atom. The Kier molecular flexibility index (Phi) is 10.2. The number of aryl methyl sites for hydroxylation is 1. The van der Waals surface area contributed by atoms with Crippen LogP contribution in [-0.4, -0.2) is 51.5 Å². The zero-order chi connectivity index (χ0) is 28.6. The highest BCUT2D eigenvalue weighted by molar-refractivity contribution is 8.00. The number of methoxy groups -OCH3 is 1. The molecular formula is C28H35N5O5S2. The molecule has 1 aliphatic carbocycles. The molecule has 2 aromatic heterocycles. The molecule has 2 N–H and O–H groups in total. The molecule has 0 unspecified atom stereocenters. The van der Waals surface area contributed by atoms with Crippen molar-refractivity contribution in [2.75, 3.05) is 19.0 Å². The molecule has 4 rings (SSSR count). The molecule has 1 atom stereocenters. The molecule has 3 aromatic rings. The third-order valence-corrected chi connectivity index (χ3v) is 9.02. The van der Waals surface area contributed by atoms with Crippen LogP contribution in [0.15, 0.2) is 29.4 Å². The van der Waals surface area contributed by atoms with Gasteiger partial charge < -0.3 is 24.7 Å². The normalized spacial score (nSPS) is 13.6. The summed E-state index contributed by atoms with van der Waals surface area (Å²) in [6, 6.07) is 7.34. The van der Waals surface area contributed by atoms with Crippen molar-refractivity contribution in [3.63, 3.8) is 0 Å². The van der Waals surface area contributed by atoms with Crippen LogP contribution in [0.5, 0.6) is 5.75 Å². The van der Waals surface area contributed by atoms with Gasteiger partial charge in [-0.15, -0.1) is 21.5 Å². The van der Waals surface area contributed by atoms with E-state index in [0.717, 1.165) is 53.9 Å². The van der Waals surface area contributed by atoms with Crippen LogP contribution in [0.1, 0.15) is 65.3 Å². The van der Waals surface area contributed by atoms with Crippen molar-refractivity contribution < 1.29 is 23.9 Å². The highest BCUT2D eigenvalue weighted by Crippen LogP contribution is 2.38. The average molecular weight is 586 g/mol. The van der Waals surface area contributed by atoms with Crippen molar-refractivity contribution in [1.82, 2.24) is 20.1 Å². The van der Waals surface area contributed by atoms with Gasteiger partial charge in [0.05, 0.1) is 37.5 Å². The molecular weight excluding hydrogens is 550 g/mol. The largest absolute Gasteiger partial charge is 0.497 e. The second-order valence-electron chi connectivity index (χ2n) is 9.50. The standard InChI is InChI=1S/C28H35N5O5S2/c1-5-38-27(36)24-20-9-7-6-8-10-21(20)40-26(24)30-25(35)17(2)39-28-32-31-22(33(28)3)16-29-23(34)15-18-11-13-19(37-4)14-12-18/h11-14,17H,5-10,15-16H2,1-4H3,(H,29,34)(H,30,35)/t17-/m0/s1. The smallest absolute Gasteiger partial charge is 0.341 e. The molecule has 0 saturated heterocycles. The first-order chi connectivity index (χ1) is 19.3. The third kappa shape index (κ3) is 7.22. The molecule has 0 spiro atoms. The molecule has 0 bridgehead atoms. The highest BCUT2D eigenvalue weighted by atomic mass is 32.2. The zero-order valence-corrected chi connectivity index (χ0v) is 24.9. The number of nitrogens with zero attached hydrogens (tertiary/aromatic N) is 3. The third-order valence-electron chi connectivity index (χ3n) is 6.68. The fourth-order valence-corrected chi connectivity index (χ4v) is 6.56. The van der Waals surface area contributed by atoms with Gasteiger partial charge in [-0.25, -0.2) is 4.79 Å². The van der Waals surface area contributed by atoms with Gasteiger partial charge >= 0.3 is 5.97 Å². The second kappa shape index (κ2) is 13.8. The maximum absolute atomic E-state index is 13.2. The van der Waals surface area contributed by atoms with Gasteiger partial charge in [0, 0.05) is 11.9 Å². The van der Waals surface area contributed by atoms with Crippen LogP contribution in [0.3, 0.4) is 0 Å². The summed E-state index contributed by atoms with van der Waals surface area (Å²) >= 11 is 2.74. The predicted molar refractivity (Wildman–Crippen MR) is 155 cm³/mol. The Morgan fingerprint density at radius 1 is 1.12 bits per heavy atom. The number of carbonyl (C=O) groups is 3.